The summed E-state index contributed by atoms with van der Waals surface area (Å²) >= 11 is 5.73. The summed E-state index contributed by atoms with van der Waals surface area (Å²) in [6.07, 6.45) is 3.23. The van der Waals surface area contributed by atoms with E-state index >= 15 is 0 Å². The van der Waals surface area contributed by atoms with Gasteiger partial charge in [-0.15, -0.1) is 0 Å². The number of methoxy groups -OCH3 is 1. The quantitative estimate of drug-likeness (QED) is 0.631. The smallest absolute Gasteiger partial charge is 0.331 e. The van der Waals surface area contributed by atoms with Crippen molar-refractivity contribution >= 4 is 35.4 Å². The highest BCUT2D eigenvalue weighted by atomic mass is 35.5. The minimum absolute atomic E-state index is 0.321. The first kappa shape index (κ1) is 18.5. The SMILES string of the molecule is COc1ccccc1/C=C/C(=O)O[C@@H](C)C(=O)Nc1ccc(Cl)cn1. The van der Waals surface area contributed by atoms with Crippen LogP contribution in [0.15, 0.2) is 48.7 Å². The number of esters is 1. The Morgan fingerprint density at radius 2 is 2.00 bits per heavy atom. The number of para-hydroxylation sites is 1. The number of carbonyl (C=O) groups excluding carboxylic acids is 2. The van der Waals surface area contributed by atoms with Crippen molar-refractivity contribution in [2.45, 2.75) is 13.0 Å². The number of rotatable bonds is 6. The average Bonchev–Trinajstić information content (AvgIpc) is 2.62. The van der Waals surface area contributed by atoms with Gasteiger partial charge in [-0.05, 0) is 31.2 Å². The van der Waals surface area contributed by atoms with Gasteiger partial charge in [0.05, 0.1) is 12.1 Å². The summed E-state index contributed by atoms with van der Waals surface area (Å²) in [6.45, 7) is 1.47. The van der Waals surface area contributed by atoms with E-state index in [1.165, 1.54) is 19.2 Å². The van der Waals surface area contributed by atoms with E-state index in [2.05, 4.69) is 10.3 Å². The van der Waals surface area contributed by atoms with Crippen LogP contribution in [-0.2, 0) is 14.3 Å². The predicted molar refractivity (Wildman–Crippen MR) is 95.5 cm³/mol. The summed E-state index contributed by atoms with van der Waals surface area (Å²) < 4.78 is 10.3. The van der Waals surface area contributed by atoms with Gasteiger partial charge in [0.15, 0.2) is 6.10 Å². The van der Waals surface area contributed by atoms with Crippen LogP contribution >= 0.6 is 11.6 Å². The maximum atomic E-state index is 12.0. The van der Waals surface area contributed by atoms with Crippen LogP contribution in [0.5, 0.6) is 5.75 Å². The molecule has 1 heterocycles. The lowest BCUT2D eigenvalue weighted by molar-refractivity contribution is -0.148. The highest BCUT2D eigenvalue weighted by Crippen LogP contribution is 2.18. The number of ether oxygens (including phenoxy) is 2. The van der Waals surface area contributed by atoms with Crippen LogP contribution in [0.1, 0.15) is 12.5 Å². The fourth-order valence-corrected chi connectivity index (χ4v) is 2.02. The molecule has 0 aliphatic carbocycles. The Morgan fingerprint density at radius 3 is 2.68 bits per heavy atom. The zero-order chi connectivity index (χ0) is 18.2. The predicted octanol–water partition coefficient (Wildman–Crippen LogP) is 3.33. The van der Waals surface area contributed by atoms with Crippen molar-refractivity contribution in [1.82, 2.24) is 4.98 Å². The van der Waals surface area contributed by atoms with Gasteiger partial charge in [-0.2, -0.15) is 0 Å². The van der Waals surface area contributed by atoms with Gasteiger partial charge in [0.2, 0.25) is 0 Å². The monoisotopic (exact) mass is 360 g/mol. The molecule has 7 heteroatoms. The van der Waals surface area contributed by atoms with Crippen LogP contribution in [0, 0.1) is 0 Å². The van der Waals surface area contributed by atoms with Gasteiger partial charge in [0, 0.05) is 17.8 Å². The number of benzene rings is 1. The second-order valence-corrected chi connectivity index (χ2v) is 5.44. The Balaban J connectivity index is 1.91. The molecule has 0 unspecified atom stereocenters. The van der Waals surface area contributed by atoms with Crippen molar-refractivity contribution in [3.05, 3.63) is 59.3 Å². The van der Waals surface area contributed by atoms with Gasteiger partial charge in [-0.3, -0.25) is 4.79 Å². The second-order valence-electron chi connectivity index (χ2n) is 5.01. The number of nitrogens with zero attached hydrogens (tertiary/aromatic N) is 1. The normalized spacial score (nSPS) is 11.8. The lowest BCUT2D eigenvalue weighted by Crippen LogP contribution is -2.29. The van der Waals surface area contributed by atoms with Gasteiger partial charge >= 0.3 is 5.97 Å². The molecule has 1 aromatic carbocycles. The molecule has 0 saturated carbocycles. The first-order valence-electron chi connectivity index (χ1n) is 7.43. The number of aromatic nitrogens is 1. The molecule has 0 saturated heterocycles. The maximum absolute atomic E-state index is 12.0. The third-order valence-corrected chi connectivity index (χ3v) is 3.40. The van der Waals surface area contributed by atoms with E-state index in [1.54, 1.807) is 37.5 Å². The number of amides is 1. The third-order valence-electron chi connectivity index (χ3n) is 3.18. The molecule has 0 bridgehead atoms. The van der Waals surface area contributed by atoms with Crippen LogP contribution in [0.2, 0.25) is 5.02 Å². The molecule has 2 rings (SSSR count). The summed E-state index contributed by atoms with van der Waals surface area (Å²) in [5.74, 6) is -0.181. The van der Waals surface area contributed by atoms with Crippen LogP contribution in [0.3, 0.4) is 0 Å². The van der Waals surface area contributed by atoms with Gasteiger partial charge in [-0.1, -0.05) is 29.8 Å². The summed E-state index contributed by atoms with van der Waals surface area (Å²) in [5.41, 5.74) is 0.726. The minimum atomic E-state index is -0.979. The summed E-state index contributed by atoms with van der Waals surface area (Å²) in [6, 6.07) is 10.4. The topological polar surface area (TPSA) is 77.5 Å². The van der Waals surface area contributed by atoms with Crippen molar-refractivity contribution in [3.8, 4) is 5.75 Å². The van der Waals surface area contributed by atoms with Gasteiger partial charge in [0.1, 0.15) is 11.6 Å². The zero-order valence-electron chi connectivity index (χ0n) is 13.7. The first-order chi connectivity index (χ1) is 12.0. The number of hydrogen-bond donors (Lipinski definition) is 1. The van der Waals surface area contributed by atoms with Gasteiger partial charge < -0.3 is 14.8 Å². The van der Waals surface area contributed by atoms with Crippen molar-refractivity contribution in [3.63, 3.8) is 0 Å². The zero-order valence-corrected chi connectivity index (χ0v) is 14.5. The lowest BCUT2D eigenvalue weighted by Gasteiger charge is -2.12. The molecule has 1 N–H and O–H groups in total. The molecule has 0 fully saturated rings. The van der Waals surface area contributed by atoms with Crippen LogP contribution in [0.4, 0.5) is 5.82 Å². The maximum Gasteiger partial charge on any atom is 0.331 e. The molecule has 0 spiro atoms. The van der Waals surface area contributed by atoms with Crippen molar-refractivity contribution in [2.75, 3.05) is 12.4 Å². The van der Waals surface area contributed by atoms with Crippen LogP contribution < -0.4 is 10.1 Å². The third kappa shape index (κ3) is 5.61. The Labute approximate surface area is 150 Å². The number of anilines is 1. The Kier molecular flexibility index (Phi) is 6.54. The van der Waals surface area contributed by atoms with Crippen LogP contribution in [0.25, 0.3) is 6.08 Å². The Morgan fingerprint density at radius 1 is 1.24 bits per heavy atom. The van der Waals surface area contributed by atoms with Gasteiger partial charge in [-0.25, -0.2) is 9.78 Å². The number of pyridine rings is 1. The molecule has 6 nitrogen and oxygen atoms in total. The van der Waals surface area contributed by atoms with E-state index in [0.29, 0.717) is 16.6 Å². The molecule has 1 amide bonds. The Hall–Kier alpha value is -2.86. The largest absolute Gasteiger partial charge is 0.496 e. The fraction of sp³-hybridized carbons (Fsp3) is 0.167. The standard InChI is InChI=1S/C18H17ClN2O4/c1-12(18(23)21-16-9-8-14(19)11-20-16)25-17(22)10-7-13-5-3-4-6-15(13)24-2/h3-12H,1-2H3,(H,20,21,23)/b10-7+/t12-/m0/s1. The molecule has 25 heavy (non-hydrogen) atoms. The number of hydrogen-bond acceptors (Lipinski definition) is 5. The van der Waals surface area contributed by atoms with E-state index in [-0.39, 0.29) is 0 Å². The highest BCUT2D eigenvalue weighted by Gasteiger charge is 2.17. The van der Waals surface area contributed by atoms with Crippen molar-refractivity contribution < 1.29 is 19.1 Å². The molecular formula is C18H17ClN2O4. The highest BCUT2D eigenvalue weighted by molar-refractivity contribution is 6.30. The van der Waals surface area contributed by atoms with E-state index in [9.17, 15) is 9.59 Å². The minimum Gasteiger partial charge on any atom is -0.496 e. The molecule has 1 aromatic heterocycles. The fourth-order valence-electron chi connectivity index (χ4n) is 1.91. The van der Waals surface area contributed by atoms with Crippen molar-refractivity contribution in [1.29, 1.82) is 0 Å². The van der Waals surface area contributed by atoms with Crippen molar-refractivity contribution in [2.24, 2.45) is 0 Å². The average molecular weight is 361 g/mol. The molecule has 130 valence electrons. The molecule has 0 radical (unpaired) electrons. The molecule has 0 aliphatic heterocycles. The summed E-state index contributed by atoms with van der Waals surface area (Å²) in [7, 11) is 1.54. The molecule has 1 atom stereocenters. The molecular weight excluding hydrogens is 344 g/mol. The number of nitrogens with one attached hydrogen (secondary N) is 1. The van der Waals surface area contributed by atoms with E-state index in [1.807, 2.05) is 12.1 Å². The second kappa shape index (κ2) is 8.84. The number of carbonyl (C=O) groups is 2. The Bertz CT molecular complexity index is 775. The van der Waals surface area contributed by atoms with Gasteiger partial charge in [0.25, 0.3) is 5.91 Å². The van der Waals surface area contributed by atoms with Crippen LogP contribution in [-0.4, -0.2) is 30.1 Å². The molecule has 0 aliphatic rings. The van der Waals surface area contributed by atoms with E-state index in [0.717, 1.165) is 5.56 Å². The van der Waals surface area contributed by atoms with E-state index in [4.69, 9.17) is 21.1 Å². The lowest BCUT2D eigenvalue weighted by atomic mass is 10.2. The first-order valence-corrected chi connectivity index (χ1v) is 7.81. The van der Waals surface area contributed by atoms with E-state index < -0.39 is 18.0 Å². The number of halogens is 1. The summed E-state index contributed by atoms with van der Waals surface area (Å²) in [5, 5.41) is 2.99. The summed E-state index contributed by atoms with van der Waals surface area (Å²) in [4.78, 5) is 27.8. The molecule has 2 aromatic rings.